The van der Waals surface area contributed by atoms with Gasteiger partial charge in [-0.2, -0.15) is 0 Å². The van der Waals surface area contributed by atoms with Gasteiger partial charge in [-0.15, -0.1) is 0 Å². The zero-order valence-electron chi connectivity index (χ0n) is 10.00. The zero-order chi connectivity index (χ0) is 12.1. The molecular weight excluding hydrogens is 268 g/mol. The highest BCUT2D eigenvalue weighted by Gasteiger charge is 2.05. The lowest BCUT2D eigenvalue weighted by atomic mass is 10.3. The first-order valence-corrected chi connectivity index (χ1v) is 6.14. The molecule has 0 spiro atoms. The van der Waals surface area contributed by atoms with Crippen LogP contribution in [-0.4, -0.2) is 36.1 Å². The lowest BCUT2D eigenvalue weighted by molar-refractivity contribution is 0.284. The van der Waals surface area contributed by atoms with E-state index in [-0.39, 0.29) is 0 Å². The van der Waals surface area contributed by atoms with Crippen LogP contribution in [0.2, 0.25) is 0 Å². The van der Waals surface area contributed by atoms with E-state index in [2.05, 4.69) is 52.0 Å². The molecule has 0 saturated heterocycles. The molecule has 0 radical (unpaired) electrons. The van der Waals surface area contributed by atoms with Crippen LogP contribution in [-0.2, 0) is 0 Å². The van der Waals surface area contributed by atoms with Gasteiger partial charge in [-0.05, 0) is 36.8 Å². The molecule has 16 heavy (non-hydrogen) atoms. The fourth-order valence-corrected chi connectivity index (χ4v) is 1.74. The second-order valence-electron chi connectivity index (χ2n) is 4.09. The van der Waals surface area contributed by atoms with Crippen molar-refractivity contribution in [2.75, 3.05) is 31.2 Å². The van der Waals surface area contributed by atoms with Gasteiger partial charge in [0.1, 0.15) is 0 Å². The van der Waals surface area contributed by atoms with Crippen LogP contribution < -0.4 is 11.1 Å². The number of aromatic nitrogens is 1. The molecule has 0 unspecified atom stereocenters. The Morgan fingerprint density at radius 3 is 2.75 bits per heavy atom. The standard InChI is InChI=1S/C11H19BrN4/c1-8(2)16(3)5-4-15-11-9(12)6-14-7-10(11)13/h6-8H,4-5,13H2,1-3H3,(H,14,15). The number of hydrogen-bond donors (Lipinski definition) is 2. The second-order valence-corrected chi connectivity index (χ2v) is 4.94. The number of nitrogen functional groups attached to an aromatic ring is 1. The Kier molecular flexibility index (Phi) is 5.02. The average molecular weight is 287 g/mol. The fourth-order valence-electron chi connectivity index (χ4n) is 1.25. The summed E-state index contributed by atoms with van der Waals surface area (Å²) in [6.45, 7) is 6.20. The molecule has 0 saturated carbocycles. The van der Waals surface area contributed by atoms with E-state index in [1.807, 2.05) is 0 Å². The van der Waals surface area contributed by atoms with Crippen LogP contribution in [0.15, 0.2) is 16.9 Å². The van der Waals surface area contributed by atoms with Crippen molar-refractivity contribution in [3.05, 3.63) is 16.9 Å². The van der Waals surface area contributed by atoms with E-state index < -0.39 is 0 Å². The zero-order valence-corrected chi connectivity index (χ0v) is 11.6. The van der Waals surface area contributed by atoms with Gasteiger partial charge in [0.15, 0.2) is 0 Å². The van der Waals surface area contributed by atoms with Gasteiger partial charge in [-0.1, -0.05) is 0 Å². The Hall–Kier alpha value is -0.810. The number of halogens is 1. The van der Waals surface area contributed by atoms with Crippen molar-refractivity contribution in [1.82, 2.24) is 9.88 Å². The van der Waals surface area contributed by atoms with Gasteiger partial charge in [0.05, 0.1) is 22.0 Å². The number of anilines is 2. The molecule has 0 bridgehead atoms. The molecule has 1 aromatic rings. The molecule has 0 amide bonds. The van der Waals surface area contributed by atoms with Gasteiger partial charge < -0.3 is 16.0 Å². The van der Waals surface area contributed by atoms with Gasteiger partial charge in [0.2, 0.25) is 0 Å². The minimum absolute atomic E-state index is 0.556. The van der Waals surface area contributed by atoms with Crippen LogP contribution in [0.1, 0.15) is 13.8 Å². The first-order chi connectivity index (χ1) is 7.52. The largest absolute Gasteiger partial charge is 0.396 e. The molecule has 4 nitrogen and oxygen atoms in total. The Morgan fingerprint density at radius 1 is 1.50 bits per heavy atom. The molecule has 1 rings (SSSR count). The maximum atomic E-state index is 5.83. The monoisotopic (exact) mass is 286 g/mol. The van der Waals surface area contributed by atoms with Crippen LogP contribution in [0.3, 0.4) is 0 Å². The fraction of sp³-hybridized carbons (Fsp3) is 0.545. The van der Waals surface area contributed by atoms with Gasteiger partial charge in [-0.25, -0.2) is 0 Å². The normalized spacial score (nSPS) is 11.1. The van der Waals surface area contributed by atoms with Crippen molar-refractivity contribution in [2.45, 2.75) is 19.9 Å². The molecule has 3 N–H and O–H groups in total. The summed E-state index contributed by atoms with van der Waals surface area (Å²) in [5.41, 5.74) is 7.42. The van der Waals surface area contributed by atoms with Crippen molar-refractivity contribution >= 4 is 27.3 Å². The third-order valence-corrected chi connectivity index (χ3v) is 3.18. The van der Waals surface area contributed by atoms with E-state index in [0.29, 0.717) is 11.7 Å². The van der Waals surface area contributed by atoms with Crippen molar-refractivity contribution in [2.24, 2.45) is 0 Å². The van der Waals surface area contributed by atoms with Crippen LogP contribution in [0, 0.1) is 0 Å². The average Bonchev–Trinajstić information content (AvgIpc) is 2.22. The van der Waals surface area contributed by atoms with Crippen LogP contribution in [0.25, 0.3) is 0 Å². The quantitative estimate of drug-likeness (QED) is 0.871. The first-order valence-electron chi connectivity index (χ1n) is 5.35. The summed E-state index contributed by atoms with van der Waals surface area (Å²) in [6, 6.07) is 0.556. The molecule has 0 aliphatic rings. The summed E-state index contributed by atoms with van der Waals surface area (Å²) in [5, 5.41) is 3.31. The van der Waals surface area contributed by atoms with Gasteiger partial charge in [-0.3, -0.25) is 4.98 Å². The van der Waals surface area contributed by atoms with E-state index in [1.54, 1.807) is 12.4 Å². The van der Waals surface area contributed by atoms with E-state index in [4.69, 9.17) is 5.73 Å². The number of nitrogens with one attached hydrogen (secondary N) is 1. The third-order valence-electron chi connectivity index (χ3n) is 2.58. The van der Waals surface area contributed by atoms with Crippen molar-refractivity contribution in [3.8, 4) is 0 Å². The molecule has 0 aliphatic carbocycles. The van der Waals surface area contributed by atoms with Gasteiger partial charge in [0, 0.05) is 25.3 Å². The number of likely N-dealkylation sites (N-methyl/N-ethyl adjacent to an activating group) is 1. The second kappa shape index (κ2) is 6.06. The maximum absolute atomic E-state index is 5.83. The summed E-state index contributed by atoms with van der Waals surface area (Å²) in [5.74, 6) is 0. The Balaban J connectivity index is 2.49. The SMILES string of the molecule is CC(C)N(C)CCNc1c(N)cncc1Br. The predicted octanol–water partition coefficient (Wildman–Crippen LogP) is 2.18. The van der Waals surface area contributed by atoms with Crippen molar-refractivity contribution in [3.63, 3.8) is 0 Å². The van der Waals surface area contributed by atoms with E-state index in [9.17, 15) is 0 Å². The molecule has 0 atom stereocenters. The Morgan fingerprint density at radius 2 is 2.19 bits per heavy atom. The lowest BCUT2D eigenvalue weighted by Gasteiger charge is -2.21. The van der Waals surface area contributed by atoms with Crippen LogP contribution in [0.5, 0.6) is 0 Å². The highest BCUT2D eigenvalue weighted by atomic mass is 79.9. The molecule has 0 aliphatic heterocycles. The Labute approximate surface area is 105 Å². The molecule has 5 heteroatoms. The summed E-state index contributed by atoms with van der Waals surface area (Å²) >= 11 is 3.42. The summed E-state index contributed by atoms with van der Waals surface area (Å²) < 4.78 is 0.903. The minimum atomic E-state index is 0.556. The number of nitrogens with zero attached hydrogens (tertiary/aromatic N) is 2. The lowest BCUT2D eigenvalue weighted by Crippen LogP contribution is -2.31. The molecule has 1 heterocycles. The molecular formula is C11H19BrN4. The summed E-state index contributed by atoms with van der Waals surface area (Å²) in [7, 11) is 2.11. The van der Waals surface area contributed by atoms with Crippen LogP contribution in [0.4, 0.5) is 11.4 Å². The summed E-state index contributed by atoms with van der Waals surface area (Å²) in [6.07, 6.45) is 3.39. The van der Waals surface area contributed by atoms with E-state index in [0.717, 1.165) is 23.2 Å². The van der Waals surface area contributed by atoms with E-state index >= 15 is 0 Å². The van der Waals surface area contributed by atoms with Crippen LogP contribution >= 0.6 is 15.9 Å². The topological polar surface area (TPSA) is 54.2 Å². The van der Waals surface area contributed by atoms with E-state index in [1.165, 1.54) is 0 Å². The molecule has 90 valence electrons. The van der Waals surface area contributed by atoms with Gasteiger partial charge >= 0.3 is 0 Å². The molecule has 1 aromatic heterocycles. The van der Waals surface area contributed by atoms with Crippen molar-refractivity contribution < 1.29 is 0 Å². The maximum Gasteiger partial charge on any atom is 0.0750 e. The first kappa shape index (κ1) is 13.3. The summed E-state index contributed by atoms with van der Waals surface area (Å²) in [4.78, 5) is 6.27. The minimum Gasteiger partial charge on any atom is -0.396 e. The number of rotatable bonds is 5. The number of pyridine rings is 1. The number of hydrogen-bond acceptors (Lipinski definition) is 4. The van der Waals surface area contributed by atoms with Crippen molar-refractivity contribution in [1.29, 1.82) is 0 Å². The predicted molar refractivity (Wildman–Crippen MR) is 72.6 cm³/mol. The highest BCUT2D eigenvalue weighted by Crippen LogP contribution is 2.26. The Bertz CT molecular complexity index is 321. The molecule has 0 fully saturated rings. The number of nitrogens with two attached hydrogens (primary N) is 1. The smallest absolute Gasteiger partial charge is 0.0750 e. The van der Waals surface area contributed by atoms with Gasteiger partial charge in [0.25, 0.3) is 0 Å². The third kappa shape index (κ3) is 3.64. The molecule has 0 aromatic carbocycles. The highest BCUT2D eigenvalue weighted by molar-refractivity contribution is 9.10.